The van der Waals surface area contributed by atoms with Crippen molar-refractivity contribution < 1.29 is 9.59 Å². The molecule has 0 aliphatic heterocycles. The van der Waals surface area contributed by atoms with Crippen molar-refractivity contribution >= 4 is 34.9 Å². The van der Waals surface area contributed by atoms with Crippen LogP contribution in [-0.2, 0) is 4.79 Å². The summed E-state index contributed by atoms with van der Waals surface area (Å²) in [6, 6.07) is 6.77. The summed E-state index contributed by atoms with van der Waals surface area (Å²) in [6.07, 6.45) is 2.90. The van der Waals surface area contributed by atoms with E-state index in [9.17, 15) is 9.59 Å². The molecule has 0 unspecified atom stereocenters. The molecule has 7 heteroatoms. The van der Waals surface area contributed by atoms with E-state index in [4.69, 9.17) is 11.6 Å². The van der Waals surface area contributed by atoms with Crippen LogP contribution in [0.5, 0.6) is 0 Å². The highest BCUT2D eigenvalue weighted by molar-refractivity contribution is 6.33. The Morgan fingerprint density at radius 1 is 1.33 bits per heavy atom. The topological polar surface area (TPSA) is 67.2 Å². The van der Waals surface area contributed by atoms with Crippen molar-refractivity contribution in [3.63, 3.8) is 0 Å². The zero-order valence-corrected chi connectivity index (χ0v) is 14.5. The molecule has 0 aliphatic carbocycles. The molecular weight excluding hydrogens is 328 g/mol. The Labute approximate surface area is 145 Å². The van der Waals surface area contributed by atoms with E-state index >= 15 is 0 Å². The van der Waals surface area contributed by atoms with Crippen LogP contribution in [-0.4, -0.2) is 28.6 Å². The molecule has 0 bridgehead atoms. The molecule has 126 valence electrons. The molecule has 2 aromatic rings. The van der Waals surface area contributed by atoms with E-state index in [1.807, 2.05) is 13.8 Å². The first-order valence-corrected chi connectivity index (χ1v) is 7.77. The second-order valence-electron chi connectivity index (χ2n) is 5.50. The number of nitrogens with zero attached hydrogens (tertiary/aromatic N) is 3. The van der Waals surface area contributed by atoms with E-state index in [0.717, 1.165) is 0 Å². The van der Waals surface area contributed by atoms with Crippen molar-refractivity contribution in [2.45, 2.75) is 19.9 Å². The maximum atomic E-state index is 12.3. The van der Waals surface area contributed by atoms with Gasteiger partial charge in [0.2, 0.25) is 5.91 Å². The van der Waals surface area contributed by atoms with E-state index in [0.29, 0.717) is 22.1 Å². The van der Waals surface area contributed by atoms with Gasteiger partial charge in [0.25, 0.3) is 5.91 Å². The van der Waals surface area contributed by atoms with Gasteiger partial charge in [0.05, 0.1) is 0 Å². The third-order valence-electron chi connectivity index (χ3n) is 3.47. The number of carbonyl (C=O) groups excluding carboxylic acids is 2. The minimum Gasteiger partial charge on any atom is -0.312 e. The molecule has 0 saturated carbocycles. The second-order valence-corrected chi connectivity index (χ2v) is 5.91. The molecule has 6 nitrogen and oxygen atoms in total. The molecule has 0 radical (unpaired) electrons. The van der Waals surface area contributed by atoms with Crippen molar-refractivity contribution in [1.82, 2.24) is 9.78 Å². The number of amides is 2. The average Bonchev–Trinajstić information content (AvgIpc) is 2.94. The van der Waals surface area contributed by atoms with Crippen LogP contribution in [0, 0.1) is 0 Å². The Hall–Kier alpha value is -2.60. The zero-order chi connectivity index (χ0) is 17.9. The first-order valence-electron chi connectivity index (χ1n) is 7.39. The van der Waals surface area contributed by atoms with Gasteiger partial charge >= 0.3 is 0 Å². The van der Waals surface area contributed by atoms with Gasteiger partial charge in [-0.15, -0.1) is 0 Å². The van der Waals surface area contributed by atoms with Crippen LogP contribution in [0.1, 0.15) is 30.2 Å². The third-order valence-corrected chi connectivity index (χ3v) is 3.75. The van der Waals surface area contributed by atoms with Gasteiger partial charge < -0.3 is 10.2 Å². The summed E-state index contributed by atoms with van der Waals surface area (Å²) in [5, 5.41) is 7.31. The smallest absolute Gasteiger partial charge is 0.256 e. The Bertz CT molecular complexity index is 765. The minimum absolute atomic E-state index is 0.144. The fraction of sp³-hybridized carbons (Fsp3) is 0.235. The van der Waals surface area contributed by atoms with Gasteiger partial charge in [-0.2, -0.15) is 5.10 Å². The van der Waals surface area contributed by atoms with Crippen LogP contribution in [0.15, 0.2) is 43.1 Å². The molecule has 24 heavy (non-hydrogen) atoms. The van der Waals surface area contributed by atoms with Crippen LogP contribution in [0.2, 0.25) is 5.02 Å². The molecule has 0 fully saturated rings. The summed E-state index contributed by atoms with van der Waals surface area (Å²) in [5.41, 5.74) is 1.10. The van der Waals surface area contributed by atoms with Gasteiger partial charge in [-0.1, -0.05) is 18.2 Å². The molecule has 0 saturated heterocycles. The molecule has 2 rings (SSSR count). The van der Waals surface area contributed by atoms with E-state index in [1.54, 1.807) is 42.2 Å². The van der Waals surface area contributed by atoms with Crippen molar-refractivity contribution in [2.24, 2.45) is 0 Å². The lowest BCUT2D eigenvalue weighted by atomic mass is 10.2. The van der Waals surface area contributed by atoms with Crippen molar-refractivity contribution in [3.8, 4) is 0 Å². The van der Waals surface area contributed by atoms with Gasteiger partial charge in [0, 0.05) is 30.5 Å². The first kappa shape index (κ1) is 17.7. The summed E-state index contributed by atoms with van der Waals surface area (Å²) < 4.78 is 1.68. The molecule has 1 N–H and O–H groups in total. The summed E-state index contributed by atoms with van der Waals surface area (Å²) in [4.78, 5) is 25.3. The molecule has 0 spiro atoms. The van der Waals surface area contributed by atoms with Crippen molar-refractivity contribution in [1.29, 1.82) is 0 Å². The quantitative estimate of drug-likeness (QED) is 0.842. The fourth-order valence-electron chi connectivity index (χ4n) is 2.00. The SMILES string of the molecule is C=CC(=O)N(C)c1ccc(C(=O)Nc2nn(C(C)C)cc2Cl)cc1. The summed E-state index contributed by atoms with van der Waals surface area (Å²) in [5.74, 6) is -0.230. The standard InChI is InChI=1S/C17H19ClN4O2/c1-5-15(23)21(4)13-8-6-12(7-9-13)17(24)19-16-14(18)10-22(20-16)11(2)3/h5-11H,1H2,2-4H3,(H,19,20,24). The molecule has 0 aliphatic rings. The third kappa shape index (κ3) is 3.83. The molecule has 2 amide bonds. The number of rotatable bonds is 5. The van der Waals surface area contributed by atoms with Crippen LogP contribution in [0.25, 0.3) is 0 Å². The van der Waals surface area contributed by atoms with Gasteiger partial charge in [-0.25, -0.2) is 0 Å². The number of hydrogen-bond donors (Lipinski definition) is 1. The molecule has 0 atom stereocenters. The average molecular weight is 347 g/mol. The number of nitrogens with one attached hydrogen (secondary N) is 1. The van der Waals surface area contributed by atoms with Crippen LogP contribution in [0.3, 0.4) is 0 Å². The van der Waals surface area contributed by atoms with Crippen LogP contribution < -0.4 is 10.2 Å². The van der Waals surface area contributed by atoms with Crippen molar-refractivity contribution in [2.75, 3.05) is 17.3 Å². The lowest BCUT2D eigenvalue weighted by Crippen LogP contribution is -2.23. The van der Waals surface area contributed by atoms with Gasteiger partial charge in [-0.3, -0.25) is 14.3 Å². The Balaban J connectivity index is 2.13. The highest BCUT2D eigenvalue weighted by atomic mass is 35.5. The number of carbonyl (C=O) groups is 2. The maximum absolute atomic E-state index is 12.3. The van der Waals surface area contributed by atoms with E-state index < -0.39 is 0 Å². The predicted molar refractivity (Wildman–Crippen MR) is 95.6 cm³/mol. The number of benzene rings is 1. The number of aromatic nitrogens is 2. The summed E-state index contributed by atoms with van der Waals surface area (Å²) >= 11 is 6.09. The number of halogens is 1. The number of likely N-dealkylation sites (N-methyl/N-ethyl adjacent to an activating group) is 1. The van der Waals surface area contributed by atoms with Gasteiger partial charge in [0.15, 0.2) is 5.82 Å². The Morgan fingerprint density at radius 3 is 2.46 bits per heavy atom. The van der Waals surface area contributed by atoms with Crippen LogP contribution >= 0.6 is 11.6 Å². The Morgan fingerprint density at radius 2 is 1.96 bits per heavy atom. The summed E-state index contributed by atoms with van der Waals surface area (Å²) in [6.45, 7) is 7.38. The zero-order valence-electron chi connectivity index (χ0n) is 13.8. The largest absolute Gasteiger partial charge is 0.312 e. The predicted octanol–water partition coefficient (Wildman–Crippen LogP) is 3.52. The monoisotopic (exact) mass is 346 g/mol. The highest BCUT2D eigenvalue weighted by Crippen LogP contribution is 2.22. The Kier molecular flexibility index (Phi) is 5.41. The highest BCUT2D eigenvalue weighted by Gasteiger charge is 2.14. The van der Waals surface area contributed by atoms with Gasteiger partial charge in [0.1, 0.15) is 5.02 Å². The molecule has 1 heterocycles. The maximum Gasteiger partial charge on any atom is 0.256 e. The van der Waals surface area contributed by atoms with Crippen LogP contribution in [0.4, 0.5) is 11.5 Å². The number of hydrogen-bond acceptors (Lipinski definition) is 3. The second kappa shape index (κ2) is 7.31. The lowest BCUT2D eigenvalue weighted by molar-refractivity contribution is -0.113. The normalized spacial score (nSPS) is 10.5. The van der Waals surface area contributed by atoms with E-state index in [-0.39, 0.29) is 17.9 Å². The first-order chi connectivity index (χ1) is 11.3. The molecule has 1 aromatic carbocycles. The van der Waals surface area contributed by atoms with Gasteiger partial charge in [-0.05, 0) is 44.2 Å². The minimum atomic E-state index is -0.324. The summed E-state index contributed by atoms with van der Waals surface area (Å²) in [7, 11) is 1.64. The fourth-order valence-corrected chi connectivity index (χ4v) is 2.18. The molecular formula is C17H19ClN4O2. The lowest BCUT2D eigenvalue weighted by Gasteiger charge is -2.15. The van der Waals surface area contributed by atoms with E-state index in [2.05, 4.69) is 17.0 Å². The van der Waals surface area contributed by atoms with Crippen molar-refractivity contribution in [3.05, 3.63) is 53.7 Å². The molecule has 1 aromatic heterocycles. The van der Waals surface area contributed by atoms with E-state index in [1.165, 1.54) is 11.0 Å². The number of anilines is 2.